The molecule has 1 amide bonds. The Kier molecular flexibility index (Phi) is 6.83. The lowest BCUT2D eigenvalue weighted by Gasteiger charge is -2.33. The second-order valence-electron chi connectivity index (χ2n) is 7.50. The van der Waals surface area contributed by atoms with E-state index in [2.05, 4.69) is 59.7 Å². The summed E-state index contributed by atoms with van der Waals surface area (Å²) in [4.78, 5) is 13.6. The molecule has 0 unspecified atom stereocenters. The minimum atomic E-state index is -0.459. The molecule has 4 rings (SSSR count). The highest BCUT2D eigenvalue weighted by molar-refractivity contribution is 9.10. The number of benzene rings is 2. The van der Waals surface area contributed by atoms with Crippen molar-refractivity contribution in [2.24, 2.45) is 0 Å². The number of anilines is 1. The second-order valence-corrected chi connectivity index (χ2v) is 10.4. The Hall–Kier alpha value is -2.04. The molecule has 0 fully saturated rings. The van der Waals surface area contributed by atoms with Crippen LogP contribution in [0.3, 0.4) is 0 Å². The molecule has 1 aromatic heterocycles. The number of aromatic nitrogens is 3. The number of hydrogen-bond donors (Lipinski definition) is 2. The van der Waals surface area contributed by atoms with Gasteiger partial charge < -0.3 is 15.5 Å². The maximum atomic E-state index is 13.6. The number of carbonyl (C=O) groups is 1. The van der Waals surface area contributed by atoms with E-state index in [1.165, 1.54) is 11.8 Å². The highest BCUT2D eigenvalue weighted by atomic mass is 79.9. The molecule has 0 radical (unpaired) electrons. The van der Waals surface area contributed by atoms with Crippen molar-refractivity contribution in [2.45, 2.75) is 43.6 Å². The minimum Gasteiger partial charge on any atom is -0.496 e. The quantitative estimate of drug-likeness (QED) is 0.421. The Morgan fingerprint density at radius 2 is 2.03 bits per heavy atom. The van der Waals surface area contributed by atoms with Gasteiger partial charge in [-0.15, -0.1) is 10.2 Å². The van der Waals surface area contributed by atoms with Crippen LogP contribution in [0.2, 0.25) is 0 Å². The molecule has 168 valence electrons. The number of nitrogens with one attached hydrogen (secondary N) is 2. The van der Waals surface area contributed by atoms with E-state index < -0.39 is 5.25 Å². The first kappa shape index (κ1) is 23.1. The lowest BCUT2D eigenvalue weighted by Crippen LogP contribution is -2.41. The van der Waals surface area contributed by atoms with E-state index in [1.54, 1.807) is 7.11 Å². The summed E-state index contributed by atoms with van der Waals surface area (Å²) in [5, 5.41) is 11.8. The minimum absolute atomic E-state index is 0.0912. The number of amides is 1. The zero-order valence-electron chi connectivity index (χ0n) is 18.1. The first-order valence-corrected chi connectivity index (χ1v) is 12.6. The van der Waals surface area contributed by atoms with Crippen LogP contribution in [-0.4, -0.2) is 33.1 Å². The van der Waals surface area contributed by atoms with Gasteiger partial charge in [0.1, 0.15) is 16.8 Å². The van der Waals surface area contributed by atoms with E-state index in [1.807, 2.05) is 48.9 Å². The molecule has 10 heteroatoms. The van der Waals surface area contributed by atoms with E-state index in [0.717, 1.165) is 49.3 Å². The normalized spacial score (nSPS) is 17.4. The Morgan fingerprint density at radius 1 is 1.25 bits per heavy atom. The van der Waals surface area contributed by atoms with Crippen molar-refractivity contribution in [1.82, 2.24) is 14.9 Å². The Labute approximate surface area is 207 Å². The molecule has 0 aliphatic carbocycles. The van der Waals surface area contributed by atoms with Crippen molar-refractivity contribution in [2.75, 3.05) is 17.9 Å². The third kappa shape index (κ3) is 4.40. The average Bonchev–Trinajstić information content (AvgIpc) is 3.14. The molecule has 0 saturated heterocycles. The number of aryl methyl sites for hydroxylation is 3. The maximum absolute atomic E-state index is 13.6. The van der Waals surface area contributed by atoms with Crippen LogP contribution in [0.15, 0.2) is 44.4 Å². The maximum Gasteiger partial charge on any atom is 0.240 e. The van der Waals surface area contributed by atoms with Gasteiger partial charge in [0.05, 0.1) is 17.6 Å². The van der Waals surface area contributed by atoms with Gasteiger partial charge in [0.2, 0.25) is 11.1 Å². The summed E-state index contributed by atoms with van der Waals surface area (Å²) in [6, 6.07) is 9.60. The van der Waals surface area contributed by atoms with Crippen LogP contribution in [-0.2, 0) is 11.2 Å². The summed E-state index contributed by atoms with van der Waals surface area (Å²) in [5.74, 6) is 1.38. The van der Waals surface area contributed by atoms with Gasteiger partial charge in [-0.05, 0) is 77.2 Å². The number of fused-ring (bicyclic) bond motifs is 1. The Bertz CT molecular complexity index is 1180. The predicted octanol–water partition coefficient (Wildman–Crippen LogP) is 5.39. The first-order valence-electron chi connectivity index (χ1n) is 10.1. The summed E-state index contributed by atoms with van der Waals surface area (Å²) < 4.78 is 9.03. The molecule has 2 N–H and O–H groups in total. The van der Waals surface area contributed by atoms with E-state index in [4.69, 9.17) is 4.74 Å². The van der Waals surface area contributed by atoms with Gasteiger partial charge in [-0.25, -0.2) is 4.68 Å². The molecule has 0 bridgehead atoms. The predicted molar refractivity (Wildman–Crippen MR) is 134 cm³/mol. The summed E-state index contributed by atoms with van der Waals surface area (Å²) in [7, 11) is 1.63. The fourth-order valence-corrected chi connectivity index (χ4v) is 6.05. The van der Waals surface area contributed by atoms with Gasteiger partial charge in [-0.1, -0.05) is 40.7 Å². The standard InChI is InChI=1S/C22H23Br2N5O2S/c1-5-13-9-15(23)8-11(2)18(13)25-21(30)20-19(14-6-7-17(31-4)16(24)10-14)28-29-12(3)26-27-22(29)32-20/h6-10,19-20,28H,5H2,1-4H3,(H,25,30)/t19-,20+/m1/s1. The lowest BCUT2D eigenvalue weighted by atomic mass is 10.0. The number of methoxy groups -OCH3 is 1. The monoisotopic (exact) mass is 579 g/mol. The van der Waals surface area contributed by atoms with Crippen LogP contribution >= 0.6 is 43.6 Å². The number of hydrogen-bond acceptors (Lipinski definition) is 6. The fourth-order valence-electron chi connectivity index (χ4n) is 3.75. The van der Waals surface area contributed by atoms with Crippen molar-refractivity contribution >= 4 is 55.2 Å². The van der Waals surface area contributed by atoms with Crippen molar-refractivity contribution in [3.63, 3.8) is 0 Å². The number of thioether (sulfide) groups is 1. The van der Waals surface area contributed by atoms with E-state index in [0.29, 0.717) is 5.16 Å². The number of rotatable bonds is 5. The van der Waals surface area contributed by atoms with Crippen molar-refractivity contribution in [1.29, 1.82) is 0 Å². The van der Waals surface area contributed by atoms with Gasteiger partial charge in [-0.2, -0.15) is 0 Å². The zero-order chi connectivity index (χ0) is 23.0. The van der Waals surface area contributed by atoms with Crippen LogP contribution in [0.25, 0.3) is 0 Å². The third-order valence-corrected chi connectivity index (χ3v) is 7.70. The molecule has 2 atom stereocenters. The molecule has 2 heterocycles. The second kappa shape index (κ2) is 9.44. The zero-order valence-corrected chi connectivity index (χ0v) is 22.1. The summed E-state index contributed by atoms with van der Waals surface area (Å²) in [6.07, 6.45) is 0.814. The first-order chi connectivity index (χ1) is 15.3. The Morgan fingerprint density at radius 3 is 2.72 bits per heavy atom. The summed E-state index contributed by atoms with van der Waals surface area (Å²) in [5.41, 5.74) is 7.35. The van der Waals surface area contributed by atoms with E-state index >= 15 is 0 Å². The summed E-state index contributed by atoms with van der Waals surface area (Å²) in [6.45, 7) is 5.96. The smallest absolute Gasteiger partial charge is 0.240 e. The van der Waals surface area contributed by atoms with Crippen molar-refractivity contribution in [3.05, 3.63) is 61.8 Å². The number of nitrogens with zero attached hydrogens (tertiary/aromatic N) is 3. The highest BCUT2D eigenvalue weighted by Gasteiger charge is 2.38. The van der Waals surface area contributed by atoms with E-state index in [9.17, 15) is 4.79 Å². The molecular formula is C22H23Br2N5O2S. The van der Waals surface area contributed by atoms with Crippen molar-refractivity contribution < 1.29 is 9.53 Å². The fraction of sp³-hybridized carbons (Fsp3) is 0.318. The molecule has 1 aliphatic rings. The number of ether oxygens (including phenoxy) is 1. The van der Waals surface area contributed by atoms with Crippen LogP contribution in [0.5, 0.6) is 5.75 Å². The van der Waals surface area contributed by atoms with Crippen LogP contribution in [0.1, 0.15) is 35.5 Å². The number of halogens is 2. The Balaban J connectivity index is 1.71. The van der Waals surface area contributed by atoms with Gasteiger partial charge in [0.15, 0.2) is 0 Å². The lowest BCUT2D eigenvalue weighted by molar-refractivity contribution is -0.116. The third-order valence-electron chi connectivity index (χ3n) is 5.40. The van der Waals surface area contributed by atoms with Crippen LogP contribution in [0, 0.1) is 13.8 Å². The van der Waals surface area contributed by atoms with Crippen molar-refractivity contribution in [3.8, 4) is 5.75 Å². The molecular weight excluding hydrogens is 558 g/mol. The largest absolute Gasteiger partial charge is 0.496 e. The van der Waals surface area contributed by atoms with Gasteiger partial charge >= 0.3 is 0 Å². The van der Waals surface area contributed by atoms with Gasteiger partial charge in [-0.3, -0.25) is 4.79 Å². The molecule has 1 aliphatic heterocycles. The highest BCUT2D eigenvalue weighted by Crippen LogP contribution is 2.40. The van der Waals surface area contributed by atoms with E-state index in [-0.39, 0.29) is 11.9 Å². The molecule has 2 aromatic carbocycles. The SMILES string of the molecule is CCc1cc(Br)cc(C)c1NC(=O)[C@H]1Sc2nnc(C)n2N[C@@H]1c1ccc(OC)c(Br)c1. The molecule has 0 spiro atoms. The van der Waals surface area contributed by atoms with Gasteiger partial charge in [0.25, 0.3) is 0 Å². The average molecular weight is 581 g/mol. The molecule has 7 nitrogen and oxygen atoms in total. The molecule has 32 heavy (non-hydrogen) atoms. The topological polar surface area (TPSA) is 81.1 Å². The number of carbonyl (C=O) groups excluding carboxylic acids is 1. The van der Waals surface area contributed by atoms with Crippen LogP contribution < -0.4 is 15.5 Å². The summed E-state index contributed by atoms with van der Waals surface area (Å²) >= 11 is 8.52. The molecule has 0 saturated carbocycles. The van der Waals surface area contributed by atoms with Crippen LogP contribution in [0.4, 0.5) is 5.69 Å². The van der Waals surface area contributed by atoms with Gasteiger partial charge in [0, 0.05) is 10.2 Å². The molecule has 3 aromatic rings.